The molecule has 5 rings (SSSR count). The van der Waals surface area contributed by atoms with Crippen LogP contribution in [0.25, 0.3) is 21.7 Å². The van der Waals surface area contributed by atoms with Crippen LogP contribution in [0.15, 0.2) is 103 Å². The van der Waals surface area contributed by atoms with Crippen molar-refractivity contribution in [2.45, 2.75) is 70.5 Å². The van der Waals surface area contributed by atoms with Gasteiger partial charge in [0.25, 0.3) is 5.91 Å². The number of primary amides is 1. The van der Waals surface area contributed by atoms with E-state index in [1.807, 2.05) is 102 Å². The van der Waals surface area contributed by atoms with E-state index in [4.69, 9.17) is 5.73 Å². The van der Waals surface area contributed by atoms with Gasteiger partial charge in [-0.2, -0.15) is 0 Å². The molecule has 3 amide bonds. The van der Waals surface area contributed by atoms with Gasteiger partial charge in [-0.3, -0.25) is 19.2 Å². The van der Waals surface area contributed by atoms with E-state index in [0.717, 1.165) is 39.2 Å². The maximum Gasteiger partial charge on any atom is 0.303 e. The second-order valence-electron chi connectivity index (χ2n) is 12.6. The number of fused-ring (bicyclic) bond motifs is 2. The third kappa shape index (κ3) is 9.13. The van der Waals surface area contributed by atoms with Crippen molar-refractivity contribution < 1.29 is 24.3 Å². The molecule has 0 bridgehead atoms. The van der Waals surface area contributed by atoms with Crippen LogP contribution in [0.5, 0.6) is 0 Å². The van der Waals surface area contributed by atoms with Crippen molar-refractivity contribution >= 4 is 45.4 Å². The zero-order chi connectivity index (χ0) is 34.8. The maximum absolute atomic E-state index is 14.5. The Kier molecular flexibility index (Phi) is 11.8. The Hall–Kier alpha value is -5.44. The van der Waals surface area contributed by atoms with Crippen molar-refractivity contribution in [3.8, 4) is 0 Å². The van der Waals surface area contributed by atoms with Gasteiger partial charge >= 0.3 is 5.97 Å². The molecule has 0 fully saturated rings. The van der Waals surface area contributed by atoms with Gasteiger partial charge in [0, 0.05) is 49.1 Å². The largest absolute Gasteiger partial charge is 0.481 e. The first-order chi connectivity index (χ1) is 23.7. The lowest BCUT2D eigenvalue weighted by Gasteiger charge is -2.34. The molecule has 4 aromatic carbocycles. The number of benzene rings is 4. The van der Waals surface area contributed by atoms with Gasteiger partial charge in [-0.1, -0.05) is 104 Å². The van der Waals surface area contributed by atoms with Crippen molar-refractivity contribution in [3.05, 3.63) is 120 Å². The molecule has 0 aliphatic heterocycles. The highest BCUT2D eigenvalue weighted by Gasteiger charge is 2.32. The maximum atomic E-state index is 14.5. The number of hydrogen-bond donors (Lipinski definition) is 3. The summed E-state index contributed by atoms with van der Waals surface area (Å²) in [4.78, 5) is 54.1. The number of para-hydroxylation sites is 1. The Morgan fingerprint density at radius 3 is 2.31 bits per heavy atom. The number of amides is 3. The third-order valence-corrected chi connectivity index (χ3v) is 8.91. The molecular weight excluding hydrogens is 616 g/mol. The number of unbranched alkanes of at least 4 members (excludes halogenated alkanes) is 1. The van der Waals surface area contributed by atoms with E-state index in [1.165, 1.54) is 0 Å². The molecule has 1 heterocycles. The SMILES string of the molecule is CCCCN(C(=O)[C@H](CCCC(=O)O)NC(=O)c1cn(Cc2ccccc2)c2ccccc12)[C@H](CC(N)=O)Cc1ccc2ccccc2c1. The molecule has 0 unspecified atom stereocenters. The molecule has 2 atom stereocenters. The fourth-order valence-electron chi connectivity index (χ4n) is 6.45. The molecule has 0 saturated carbocycles. The first-order valence-corrected chi connectivity index (χ1v) is 16.9. The molecule has 0 saturated heterocycles. The highest BCUT2D eigenvalue weighted by molar-refractivity contribution is 6.08. The summed E-state index contributed by atoms with van der Waals surface area (Å²) in [5, 5.41) is 15.2. The van der Waals surface area contributed by atoms with E-state index in [1.54, 1.807) is 11.1 Å². The number of carbonyl (C=O) groups excluding carboxylic acids is 3. The van der Waals surface area contributed by atoms with Crippen molar-refractivity contribution in [3.63, 3.8) is 0 Å². The van der Waals surface area contributed by atoms with Crippen LogP contribution in [-0.4, -0.2) is 56.9 Å². The summed E-state index contributed by atoms with van der Waals surface area (Å²) < 4.78 is 2.01. The van der Waals surface area contributed by atoms with E-state index in [0.29, 0.717) is 31.5 Å². The highest BCUT2D eigenvalue weighted by Crippen LogP contribution is 2.24. The predicted octanol–water partition coefficient (Wildman–Crippen LogP) is 6.31. The van der Waals surface area contributed by atoms with Gasteiger partial charge in [0.2, 0.25) is 11.8 Å². The van der Waals surface area contributed by atoms with Crippen LogP contribution in [0.4, 0.5) is 0 Å². The second-order valence-corrected chi connectivity index (χ2v) is 12.6. The number of carbonyl (C=O) groups is 4. The third-order valence-electron chi connectivity index (χ3n) is 8.91. The van der Waals surface area contributed by atoms with Crippen molar-refractivity contribution in [1.82, 2.24) is 14.8 Å². The fraction of sp³-hybridized carbons (Fsp3) is 0.300. The van der Waals surface area contributed by atoms with Crippen LogP contribution in [0.1, 0.15) is 66.9 Å². The van der Waals surface area contributed by atoms with Gasteiger partial charge in [-0.25, -0.2) is 0 Å². The summed E-state index contributed by atoms with van der Waals surface area (Å²) in [7, 11) is 0. The van der Waals surface area contributed by atoms with Crippen LogP contribution in [0.3, 0.4) is 0 Å². The molecule has 0 aliphatic carbocycles. The summed E-state index contributed by atoms with van der Waals surface area (Å²) in [6.07, 6.45) is 3.80. The fourth-order valence-corrected chi connectivity index (χ4v) is 6.45. The Labute approximate surface area is 286 Å². The first-order valence-electron chi connectivity index (χ1n) is 16.9. The van der Waals surface area contributed by atoms with Gasteiger partial charge in [0.1, 0.15) is 6.04 Å². The van der Waals surface area contributed by atoms with Gasteiger partial charge in [-0.15, -0.1) is 0 Å². The number of carboxylic acid groups (broad SMARTS) is 1. The van der Waals surface area contributed by atoms with E-state index in [9.17, 15) is 24.3 Å². The monoisotopic (exact) mass is 660 g/mol. The second kappa shape index (κ2) is 16.6. The van der Waals surface area contributed by atoms with E-state index >= 15 is 0 Å². The standard InChI is InChI=1S/C40H44N4O5/c1-2-3-22-44(32(25-37(41)45)24-29-20-21-30-14-7-8-15-31(30)23-29)40(49)35(17-11-19-38(46)47)42-39(48)34-27-43(26-28-12-5-4-6-13-28)36-18-10-9-16-33(34)36/h4-10,12-16,18,20-21,23,27,32,35H,2-3,11,17,19,22,24-26H2,1H3,(H2,41,45)(H,42,48)(H,46,47)/t32-,35-/m0/s1. The number of carboxylic acids is 1. The van der Waals surface area contributed by atoms with Gasteiger partial charge in [0.15, 0.2) is 0 Å². The molecule has 254 valence electrons. The molecule has 0 aliphatic rings. The summed E-state index contributed by atoms with van der Waals surface area (Å²) in [5.74, 6) is -2.29. The van der Waals surface area contributed by atoms with Crippen LogP contribution < -0.4 is 11.1 Å². The van der Waals surface area contributed by atoms with Crippen LogP contribution in [-0.2, 0) is 27.3 Å². The lowest BCUT2D eigenvalue weighted by Crippen LogP contribution is -2.53. The minimum absolute atomic E-state index is 0.0505. The molecule has 0 spiro atoms. The highest BCUT2D eigenvalue weighted by atomic mass is 16.4. The minimum atomic E-state index is -1.01. The molecule has 4 N–H and O–H groups in total. The van der Waals surface area contributed by atoms with Gasteiger partial charge < -0.3 is 25.6 Å². The number of nitrogens with two attached hydrogens (primary N) is 1. The average Bonchev–Trinajstić information content (AvgIpc) is 3.46. The zero-order valence-corrected chi connectivity index (χ0v) is 27.9. The number of aliphatic carboxylic acids is 1. The number of hydrogen-bond acceptors (Lipinski definition) is 4. The topological polar surface area (TPSA) is 135 Å². The smallest absolute Gasteiger partial charge is 0.303 e. The Bertz CT molecular complexity index is 1920. The normalized spacial score (nSPS) is 12.4. The number of rotatable bonds is 17. The van der Waals surface area contributed by atoms with E-state index in [2.05, 4.69) is 11.4 Å². The quantitative estimate of drug-likeness (QED) is 0.107. The molecule has 9 heteroatoms. The first kappa shape index (κ1) is 34.9. The predicted molar refractivity (Wildman–Crippen MR) is 192 cm³/mol. The summed E-state index contributed by atoms with van der Waals surface area (Å²) in [6.45, 7) is 2.94. The van der Waals surface area contributed by atoms with Crippen molar-refractivity contribution in [1.29, 1.82) is 0 Å². The Balaban J connectivity index is 1.45. The van der Waals surface area contributed by atoms with Crippen molar-refractivity contribution in [2.75, 3.05) is 6.54 Å². The van der Waals surface area contributed by atoms with Crippen LogP contribution >= 0.6 is 0 Å². The summed E-state index contributed by atoms with van der Waals surface area (Å²) in [6, 6.07) is 30.1. The van der Waals surface area contributed by atoms with Gasteiger partial charge in [-0.05, 0) is 53.6 Å². The Morgan fingerprint density at radius 2 is 1.57 bits per heavy atom. The zero-order valence-electron chi connectivity index (χ0n) is 27.9. The molecule has 0 radical (unpaired) electrons. The number of aromatic nitrogens is 1. The summed E-state index contributed by atoms with van der Waals surface area (Å²) >= 11 is 0. The molecule has 1 aromatic heterocycles. The number of nitrogens with zero attached hydrogens (tertiary/aromatic N) is 2. The van der Waals surface area contributed by atoms with E-state index < -0.39 is 29.9 Å². The molecule has 5 aromatic rings. The van der Waals surface area contributed by atoms with Crippen molar-refractivity contribution in [2.24, 2.45) is 5.73 Å². The Morgan fingerprint density at radius 1 is 0.857 bits per heavy atom. The number of nitrogens with one attached hydrogen (secondary N) is 1. The molecule has 49 heavy (non-hydrogen) atoms. The van der Waals surface area contributed by atoms with E-state index in [-0.39, 0.29) is 31.6 Å². The average molecular weight is 661 g/mol. The minimum Gasteiger partial charge on any atom is -0.481 e. The lowest BCUT2D eigenvalue weighted by atomic mass is 9.97. The van der Waals surface area contributed by atoms with Crippen LogP contribution in [0, 0.1) is 0 Å². The summed E-state index contributed by atoms with van der Waals surface area (Å²) in [5.41, 5.74) is 9.09. The van der Waals surface area contributed by atoms with Gasteiger partial charge in [0.05, 0.1) is 5.56 Å². The molecule has 9 nitrogen and oxygen atoms in total. The van der Waals surface area contributed by atoms with Crippen LogP contribution in [0.2, 0.25) is 0 Å². The molecular formula is C40H44N4O5. The lowest BCUT2D eigenvalue weighted by molar-refractivity contribution is -0.139.